The summed E-state index contributed by atoms with van der Waals surface area (Å²) < 4.78 is 7.61. The van der Waals surface area contributed by atoms with Gasteiger partial charge < -0.3 is 10.1 Å². The minimum Gasteiger partial charge on any atom is -0.496 e. The summed E-state index contributed by atoms with van der Waals surface area (Å²) in [5.74, 6) is 0.524. The standard InChI is InChI=1S/C17H16N2O3S/c1-22-14-8-4-2-6-12(14)10-18-16(20)11-19-17(21)13-7-3-5-9-15(13)23-19/h2-9H,10-11H2,1H3,(H,18,20). The summed E-state index contributed by atoms with van der Waals surface area (Å²) in [7, 11) is 1.59. The van der Waals surface area contributed by atoms with Crippen LogP contribution in [0.4, 0.5) is 0 Å². The number of nitrogens with zero attached hydrogens (tertiary/aromatic N) is 1. The average molecular weight is 328 g/mol. The van der Waals surface area contributed by atoms with Crippen LogP contribution in [-0.2, 0) is 17.9 Å². The number of para-hydroxylation sites is 1. The number of aromatic nitrogens is 1. The van der Waals surface area contributed by atoms with Crippen molar-refractivity contribution in [2.45, 2.75) is 13.1 Å². The van der Waals surface area contributed by atoms with Gasteiger partial charge in [-0.15, -0.1) is 0 Å². The summed E-state index contributed by atoms with van der Waals surface area (Å²) in [6.45, 7) is 0.385. The number of fused-ring (bicyclic) bond motifs is 1. The Morgan fingerprint density at radius 2 is 1.91 bits per heavy atom. The van der Waals surface area contributed by atoms with Crippen LogP contribution in [0, 0.1) is 0 Å². The molecule has 1 aromatic heterocycles. The molecule has 0 aliphatic carbocycles. The first-order valence-corrected chi connectivity index (χ1v) is 7.94. The molecule has 2 aromatic carbocycles. The molecule has 0 radical (unpaired) electrons. The second-order valence-corrected chi connectivity index (χ2v) is 6.08. The molecule has 0 fully saturated rings. The zero-order valence-electron chi connectivity index (χ0n) is 12.6. The number of benzene rings is 2. The molecule has 0 aliphatic heterocycles. The van der Waals surface area contributed by atoms with Crippen LogP contribution in [0.15, 0.2) is 53.3 Å². The number of hydrogen-bond acceptors (Lipinski definition) is 4. The van der Waals surface area contributed by atoms with E-state index in [1.54, 1.807) is 13.2 Å². The largest absolute Gasteiger partial charge is 0.496 e. The maximum Gasteiger partial charge on any atom is 0.268 e. The molecule has 0 spiro atoms. The van der Waals surface area contributed by atoms with Gasteiger partial charge in [-0.05, 0) is 18.2 Å². The Labute approximate surface area is 137 Å². The zero-order valence-corrected chi connectivity index (χ0v) is 13.4. The van der Waals surface area contributed by atoms with E-state index in [0.717, 1.165) is 16.0 Å². The van der Waals surface area contributed by atoms with E-state index in [1.807, 2.05) is 42.5 Å². The van der Waals surface area contributed by atoms with Crippen molar-refractivity contribution in [3.05, 3.63) is 64.4 Å². The van der Waals surface area contributed by atoms with Gasteiger partial charge in [-0.2, -0.15) is 0 Å². The van der Waals surface area contributed by atoms with Crippen molar-refractivity contribution in [1.29, 1.82) is 0 Å². The third kappa shape index (κ3) is 3.27. The Morgan fingerprint density at radius 1 is 1.17 bits per heavy atom. The van der Waals surface area contributed by atoms with Crippen LogP contribution in [-0.4, -0.2) is 17.0 Å². The van der Waals surface area contributed by atoms with E-state index in [9.17, 15) is 9.59 Å². The minimum atomic E-state index is -0.204. The fourth-order valence-electron chi connectivity index (χ4n) is 2.35. The monoisotopic (exact) mass is 328 g/mol. The normalized spacial score (nSPS) is 10.7. The maximum absolute atomic E-state index is 12.2. The highest BCUT2D eigenvalue weighted by Crippen LogP contribution is 2.17. The highest BCUT2D eigenvalue weighted by atomic mass is 32.1. The summed E-state index contributed by atoms with van der Waals surface area (Å²) in [6, 6.07) is 14.9. The zero-order chi connectivity index (χ0) is 16.2. The van der Waals surface area contributed by atoms with Crippen LogP contribution < -0.4 is 15.6 Å². The fraction of sp³-hybridized carbons (Fsp3) is 0.176. The molecule has 3 rings (SSSR count). The van der Waals surface area contributed by atoms with E-state index in [1.165, 1.54) is 15.5 Å². The van der Waals surface area contributed by atoms with Gasteiger partial charge in [0.1, 0.15) is 12.3 Å². The Hall–Kier alpha value is -2.60. The number of rotatable bonds is 5. The number of nitrogens with one attached hydrogen (secondary N) is 1. The van der Waals surface area contributed by atoms with Crippen molar-refractivity contribution >= 4 is 27.5 Å². The first-order chi connectivity index (χ1) is 11.2. The number of ether oxygens (including phenoxy) is 1. The molecule has 0 atom stereocenters. The molecule has 0 aliphatic rings. The lowest BCUT2D eigenvalue weighted by atomic mass is 10.2. The smallest absolute Gasteiger partial charge is 0.268 e. The quantitative estimate of drug-likeness (QED) is 0.782. The fourth-order valence-corrected chi connectivity index (χ4v) is 3.34. The molecule has 1 amide bonds. The van der Waals surface area contributed by atoms with E-state index in [4.69, 9.17) is 4.74 Å². The summed E-state index contributed by atoms with van der Waals surface area (Å²) >= 11 is 1.30. The second kappa shape index (κ2) is 6.66. The van der Waals surface area contributed by atoms with E-state index in [-0.39, 0.29) is 18.0 Å². The Morgan fingerprint density at radius 3 is 2.70 bits per heavy atom. The third-order valence-corrected chi connectivity index (χ3v) is 4.58. The maximum atomic E-state index is 12.2. The molecule has 3 aromatic rings. The first kappa shape index (κ1) is 15.3. The van der Waals surface area contributed by atoms with Gasteiger partial charge in [-0.25, -0.2) is 0 Å². The molecule has 6 heteroatoms. The van der Waals surface area contributed by atoms with Crippen molar-refractivity contribution in [3.63, 3.8) is 0 Å². The van der Waals surface area contributed by atoms with E-state index < -0.39 is 0 Å². The van der Waals surface area contributed by atoms with E-state index in [2.05, 4.69) is 5.32 Å². The van der Waals surface area contributed by atoms with Gasteiger partial charge in [0.2, 0.25) is 5.91 Å². The lowest BCUT2D eigenvalue weighted by Gasteiger charge is -2.09. The third-order valence-electron chi connectivity index (χ3n) is 3.51. The van der Waals surface area contributed by atoms with Crippen molar-refractivity contribution in [1.82, 2.24) is 9.27 Å². The van der Waals surface area contributed by atoms with Crippen molar-refractivity contribution in [3.8, 4) is 5.75 Å². The Kier molecular flexibility index (Phi) is 4.43. The van der Waals surface area contributed by atoms with Crippen molar-refractivity contribution < 1.29 is 9.53 Å². The molecular weight excluding hydrogens is 312 g/mol. The van der Waals surface area contributed by atoms with Gasteiger partial charge >= 0.3 is 0 Å². The SMILES string of the molecule is COc1ccccc1CNC(=O)Cn1sc2ccccc2c1=O. The Balaban J connectivity index is 1.69. The number of amides is 1. The molecule has 1 heterocycles. The highest BCUT2D eigenvalue weighted by molar-refractivity contribution is 7.13. The number of carbonyl (C=O) groups excluding carboxylic acids is 1. The van der Waals surface area contributed by atoms with Crippen LogP contribution in [0.1, 0.15) is 5.56 Å². The second-order valence-electron chi connectivity index (χ2n) is 5.02. The number of methoxy groups -OCH3 is 1. The predicted octanol–water partition coefficient (Wildman–Crippen LogP) is 2.39. The lowest BCUT2D eigenvalue weighted by Crippen LogP contribution is -2.29. The number of carbonyl (C=O) groups is 1. The van der Waals surface area contributed by atoms with Crippen LogP contribution in [0.25, 0.3) is 10.1 Å². The first-order valence-electron chi connectivity index (χ1n) is 7.16. The molecular formula is C17H16N2O3S. The van der Waals surface area contributed by atoms with Crippen LogP contribution in [0.2, 0.25) is 0 Å². The molecule has 23 heavy (non-hydrogen) atoms. The molecule has 5 nitrogen and oxygen atoms in total. The van der Waals surface area contributed by atoms with Gasteiger partial charge in [-0.3, -0.25) is 13.5 Å². The van der Waals surface area contributed by atoms with Gasteiger partial charge in [0, 0.05) is 12.1 Å². The molecule has 0 saturated carbocycles. The Bertz CT molecular complexity index is 898. The van der Waals surface area contributed by atoms with Crippen molar-refractivity contribution in [2.75, 3.05) is 7.11 Å². The summed E-state index contributed by atoms with van der Waals surface area (Å²) in [6.07, 6.45) is 0. The van der Waals surface area contributed by atoms with Gasteiger partial charge in [0.15, 0.2) is 0 Å². The van der Waals surface area contributed by atoms with Gasteiger partial charge in [0.25, 0.3) is 5.56 Å². The van der Waals surface area contributed by atoms with Crippen LogP contribution >= 0.6 is 11.5 Å². The molecule has 0 bridgehead atoms. The number of hydrogen-bond donors (Lipinski definition) is 1. The van der Waals surface area contributed by atoms with Crippen LogP contribution in [0.3, 0.4) is 0 Å². The molecule has 1 N–H and O–H groups in total. The summed E-state index contributed by atoms with van der Waals surface area (Å²) in [5, 5.41) is 3.47. The minimum absolute atomic E-state index is 0.0212. The highest BCUT2D eigenvalue weighted by Gasteiger charge is 2.11. The summed E-state index contributed by atoms with van der Waals surface area (Å²) in [4.78, 5) is 24.3. The van der Waals surface area contributed by atoms with E-state index >= 15 is 0 Å². The topological polar surface area (TPSA) is 60.3 Å². The van der Waals surface area contributed by atoms with E-state index in [0.29, 0.717) is 11.9 Å². The molecule has 0 saturated heterocycles. The van der Waals surface area contributed by atoms with Crippen LogP contribution in [0.5, 0.6) is 5.75 Å². The van der Waals surface area contributed by atoms with Crippen molar-refractivity contribution in [2.24, 2.45) is 0 Å². The van der Waals surface area contributed by atoms with Gasteiger partial charge in [0.05, 0.1) is 17.2 Å². The summed E-state index contributed by atoms with van der Waals surface area (Å²) in [5.41, 5.74) is 0.769. The lowest BCUT2D eigenvalue weighted by molar-refractivity contribution is -0.121. The molecule has 0 unspecified atom stereocenters. The molecule has 118 valence electrons. The van der Waals surface area contributed by atoms with Gasteiger partial charge in [-0.1, -0.05) is 41.9 Å². The predicted molar refractivity (Wildman–Crippen MR) is 90.9 cm³/mol. The average Bonchev–Trinajstić information content (AvgIpc) is 2.89.